The zero-order valence-electron chi connectivity index (χ0n) is 16.5. The molecule has 2 aromatic heterocycles. The first-order valence-electron chi connectivity index (χ1n) is 9.67. The molecule has 0 radical (unpaired) electrons. The summed E-state index contributed by atoms with van der Waals surface area (Å²) in [6, 6.07) is 5.89. The van der Waals surface area contributed by atoms with Crippen LogP contribution in [-0.2, 0) is 11.2 Å². The Morgan fingerprint density at radius 1 is 1.31 bits per heavy atom. The number of carboxylic acids is 1. The first-order chi connectivity index (χ1) is 14.0. The van der Waals surface area contributed by atoms with Crippen LogP contribution >= 0.6 is 0 Å². The fourth-order valence-corrected chi connectivity index (χ4v) is 4.17. The molecule has 0 unspecified atom stereocenters. The first-order valence-corrected chi connectivity index (χ1v) is 9.67. The molecule has 8 heteroatoms. The number of carbonyl (C=O) groups excluding carboxylic acids is 1. The second kappa shape index (κ2) is 7.62. The van der Waals surface area contributed by atoms with Crippen LogP contribution in [0.5, 0.6) is 5.75 Å². The Morgan fingerprint density at radius 2 is 2.07 bits per heavy atom. The average Bonchev–Trinajstić information content (AvgIpc) is 3.31. The van der Waals surface area contributed by atoms with Crippen molar-refractivity contribution in [3.05, 3.63) is 47.4 Å². The van der Waals surface area contributed by atoms with E-state index in [1.165, 1.54) is 6.20 Å². The van der Waals surface area contributed by atoms with Gasteiger partial charge in [-0.25, -0.2) is 4.79 Å². The summed E-state index contributed by atoms with van der Waals surface area (Å²) < 4.78 is 7.24. The van der Waals surface area contributed by atoms with Crippen molar-refractivity contribution in [2.45, 2.75) is 32.2 Å². The van der Waals surface area contributed by atoms with Crippen molar-refractivity contribution in [2.75, 3.05) is 20.2 Å². The maximum absolute atomic E-state index is 12.9. The molecule has 1 amide bonds. The van der Waals surface area contributed by atoms with Crippen LogP contribution in [0.2, 0.25) is 0 Å². The Hall–Kier alpha value is -3.29. The zero-order valence-corrected chi connectivity index (χ0v) is 16.5. The highest BCUT2D eigenvalue weighted by Crippen LogP contribution is 2.30. The molecule has 0 bridgehead atoms. The summed E-state index contributed by atoms with van der Waals surface area (Å²) >= 11 is 0. The van der Waals surface area contributed by atoms with Gasteiger partial charge >= 0.3 is 5.97 Å². The molecule has 152 valence electrons. The van der Waals surface area contributed by atoms with Gasteiger partial charge in [0.15, 0.2) is 0 Å². The number of H-pyrrole nitrogens is 1. The zero-order chi connectivity index (χ0) is 20.5. The normalized spacial score (nSPS) is 15.0. The highest BCUT2D eigenvalue weighted by atomic mass is 16.5. The number of aromatic amines is 1. The third-order valence-electron chi connectivity index (χ3n) is 5.75. The molecule has 0 atom stereocenters. The van der Waals surface area contributed by atoms with E-state index >= 15 is 0 Å². The van der Waals surface area contributed by atoms with E-state index in [-0.39, 0.29) is 17.5 Å². The van der Waals surface area contributed by atoms with Crippen molar-refractivity contribution in [2.24, 2.45) is 0 Å². The van der Waals surface area contributed by atoms with Crippen molar-refractivity contribution in [3.8, 4) is 5.75 Å². The number of amides is 1. The quantitative estimate of drug-likeness (QED) is 0.691. The number of nitrogens with one attached hydrogen (secondary N) is 1. The summed E-state index contributed by atoms with van der Waals surface area (Å²) in [5, 5.41) is 14.4. The lowest BCUT2D eigenvalue weighted by Gasteiger charge is -2.32. The SMILES string of the molecule is COc1cccc2[nH]cc(CC(=O)N3CCC(n4ncc(C(=O)O)c4C)CC3)c12. The summed E-state index contributed by atoms with van der Waals surface area (Å²) in [5.74, 6) is -0.122. The van der Waals surface area contributed by atoms with Gasteiger partial charge in [-0.05, 0) is 37.5 Å². The number of likely N-dealkylation sites (tertiary alicyclic amines) is 1. The molecule has 0 spiro atoms. The highest BCUT2D eigenvalue weighted by Gasteiger charge is 2.27. The second-order valence-electron chi connectivity index (χ2n) is 7.38. The van der Waals surface area contributed by atoms with Gasteiger partial charge in [-0.1, -0.05) is 6.07 Å². The van der Waals surface area contributed by atoms with E-state index in [4.69, 9.17) is 4.74 Å². The molecule has 0 saturated carbocycles. The van der Waals surface area contributed by atoms with Gasteiger partial charge in [0.1, 0.15) is 11.3 Å². The Morgan fingerprint density at radius 3 is 2.72 bits per heavy atom. The Balaban J connectivity index is 1.43. The number of fused-ring (bicyclic) bond motifs is 1. The number of piperidine rings is 1. The Kier molecular flexibility index (Phi) is 5.00. The van der Waals surface area contributed by atoms with Gasteiger partial charge in [-0.15, -0.1) is 0 Å². The molecular weight excluding hydrogens is 372 g/mol. The van der Waals surface area contributed by atoms with Crippen LogP contribution in [0, 0.1) is 6.92 Å². The standard InChI is InChI=1S/C21H24N4O4/c1-13-16(21(27)28)12-23-25(13)15-6-8-24(9-7-15)19(26)10-14-11-22-17-4-3-5-18(29-2)20(14)17/h3-5,11-12,15,22H,6-10H2,1-2H3,(H,27,28). The minimum Gasteiger partial charge on any atom is -0.496 e. The monoisotopic (exact) mass is 396 g/mol. The van der Waals surface area contributed by atoms with Gasteiger partial charge in [-0.2, -0.15) is 5.10 Å². The maximum atomic E-state index is 12.9. The number of hydrogen-bond donors (Lipinski definition) is 2. The number of ether oxygens (including phenoxy) is 1. The van der Waals surface area contributed by atoms with E-state index in [2.05, 4.69) is 10.1 Å². The second-order valence-corrected chi connectivity index (χ2v) is 7.38. The van der Waals surface area contributed by atoms with Crippen LogP contribution in [-0.4, -0.2) is 56.8 Å². The predicted octanol–water partition coefficient (Wildman–Crippen LogP) is 2.79. The minimum atomic E-state index is -0.962. The maximum Gasteiger partial charge on any atom is 0.339 e. The van der Waals surface area contributed by atoms with Gasteiger partial charge in [0.25, 0.3) is 0 Å². The van der Waals surface area contributed by atoms with Crippen LogP contribution in [0.25, 0.3) is 10.9 Å². The van der Waals surface area contributed by atoms with Crippen LogP contribution in [0.1, 0.15) is 40.5 Å². The van der Waals surface area contributed by atoms with Gasteiger partial charge < -0.3 is 19.7 Å². The number of rotatable bonds is 5. The van der Waals surface area contributed by atoms with Crippen molar-refractivity contribution in [3.63, 3.8) is 0 Å². The topological polar surface area (TPSA) is 100 Å². The van der Waals surface area contributed by atoms with Crippen molar-refractivity contribution in [1.82, 2.24) is 19.7 Å². The van der Waals surface area contributed by atoms with Crippen LogP contribution < -0.4 is 4.74 Å². The van der Waals surface area contributed by atoms with E-state index in [9.17, 15) is 14.7 Å². The number of carbonyl (C=O) groups is 2. The Labute approximate surface area is 168 Å². The lowest BCUT2D eigenvalue weighted by molar-refractivity contribution is -0.131. The van der Waals surface area contributed by atoms with E-state index in [1.54, 1.807) is 18.7 Å². The first kappa shape index (κ1) is 19.0. The van der Waals surface area contributed by atoms with Crippen molar-refractivity contribution in [1.29, 1.82) is 0 Å². The van der Waals surface area contributed by atoms with E-state index < -0.39 is 5.97 Å². The van der Waals surface area contributed by atoms with Gasteiger partial charge in [0.05, 0.1) is 31.5 Å². The molecule has 1 aliphatic heterocycles. The van der Waals surface area contributed by atoms with Gasteiger partial charge in [0, 0.05) is 30.2 Å². The fraction of sp³-hybridized carbons (Fsp3) is 0.381. The number of aromatic carboxylic acids is 1. The molecule has 3 heterocycles. The number of benzene rings is 1. The lowest BCUT2D eigenvalue weighted by Crippen LogP contribution is -2.40. The summed E-state index contributed by atoms with van der Waals surface area (Å²) in [6.07, 6.45) is 5.10. The molecule has 2 N–H and O–H groups in total. The van der Waals surface area contributed by atoms with E-state index in [0.29, 0.717) is 25.2 Å². The average molecular weight is 396 g/mol. The van der Waals surface area contributed by atoms with Crippen molar-refractivity contribution < 1.29 is 19.4 Å². The number of hydrogen-bond acceptors (Lipinski definition) is 4. The summed E-state index contributed by atoms with van der Waals surface area (Å²) in [4.78, 5) is 29.2. The molecule has 4 rings (SSSR count). The molecule has 0 aliphatic carbocycles. The largest absolute Gasteiger partial charge is 0.496 e. The fourth-order valence-electron chi connectivity index (χ4n) is 4.17. The summed E-state index contributed by atoms with van der Waals surface area (Å²) in [7, 11) is 1.63. The highest BCUT2D eigenvalue weighted by molar-refractivity contribution is 5.93. The number of methoxy groups -OCH3 is 1. The van der Waals surface area contributed by atoms with Gasteiger partial charge in [0.2, 0.25) is 5.91 Å². The van der Waals surface area contributed by atoms with Crippen molar-refractivity contribution >= 4 is 22.8 Å². The van der Waals surface area contributed by atoms with E-state index in [0.717, 1.165) is 35.1 Å². The third kappa shape index (κ3) is 3.46. The molecule has 1 fully saturated rings. The third-order valence-corrected chi connectivity index (χ3v) is 5.75. The molecule has 3 aromatic rings. The lowest BCUT2D eigenvalue weighted by atomic mass is 10.0. The number of carboxylic acid groups (broad SMARTS) is 1. The molecular formula is C21H24N4O4. The summed E-state index contributed by atoms with van der Waals surface area (Å²) in [6.45, 7) is 3.04. The predicted molar refractivity (Wildman–Crippen MR) is 107 cm³/mol. The smallest absolute Gasteiger partial charge is 0.339 e. The number of nitrogens with zero attached hydrogens (tertiary/aromatic N) is 3. The number of aromatic nitrogens is 3. The van der Waals surface area contributed by atoms with Crippen LogP contribution in [0.4, 0.5) is 0 Å². The molecule has 1 aliphatic rings. The summed E-state index contributed by atoms with van der Waals surface area (Å²) in [5.41, 5.74) is 2.78. The van der Waals surface area contributed by atoms with Crippen LogP contribution in [0.15, 0.2) is 30.6 Å². The Bertz CT molecular complexity index is 1060. The van der Waals surface area contributed by atoms with Crippen LogP contribution in [0.3, 0.4) is 0 Å². The molecule has 1 saturated heterocycles. The molecule has 1 aromatic carbocycles. The molecule has 29 heavy (non-hydrogen) atoms. The van der Waals surface area contributed by atoms with Gasteiger partial charge in [-0.3, -0.25) is 9.48 Å². The minimum absolute atomic E-state index is 0.0821. The van der Waals surface area contributed by atoms with E-state index in [1.807, 2.05) is 29.3 Å². The molecule has 8 nitrogen and oxygen atoms in total.